The molecule has 194 valence electrons. The van der Waals surface area contributed by atoms with Crippen LogP contribution in [-0.2, 0) is 20.0 Å². The van der Waals surface area contributed by atoms with Crippen LogP contribution in [0.1, 0.15) is 66.4 Å². The summed E-state index contributed by atoms with van der Waals surface area (Å²) in [6, 6.07) is 5.64. The van der Waals surface area contributed by atoms with Gasteiger partial charge in [0.1, 0.15) is 11.0 Å². The third-order valence-electron chi connectivity index (χ3n) is 7.34. The molecular weight excluding hydrogens is 484 g/mol. The molecule has 0 bridgehead atoms. The summed E-state index contributed by atoms with van der Waals surface area (Å²) < 4.78 is 31.4. The van der Waals surface area contributed by atoms with Crippen LogP contribution in [0.25, 0.3) is 11.0 Å². The molecule has 1 aliphatic carbocycles. The Morgan fingerprint density at radius 1 is 1.19 bits per heavy atom. The van der Waals surface area contributed by atoms with E-state index in [0.717, 1.165) is 81.2 Å². The van der Waals surface area contributed by atoms with Crippen LogP contribution in [0.2, 0.25) is 0 Å². The molecule has 3 aromatic rings. The molecule has 10 heteroatoms. The van der Waals surface area contributed by atoms with E-state index in [0.29, 0.717) is 34.5 Å². The number of halogens is 2. The van der Waals surface area contributed by atoms with Gasteiger partial charge in [-0.25, -0.2) is 13.8 Å². The van der Waals surface area contributed by atoms with Crippen molar-refractivity contribution in [1.29, 1.82) is 0 Å². The highest BCUT2D eigenvalue weighted by atomic mass is 32.1. The molecule has 1 fully saturated rings. The standard InChI is InChI=1S/C26H33F2N5O2S/c1-26(27,28)16-35-25-29-21-15-33(13-11-23(21)36-25)12-10-17-6-8-18(9-7-17)14-22(34)19-4-3-5-20-24(19)31-32(2)30-20/h3-5,17-18H,6-16H2,1-2H3. The van der Waals surface area contributed by atoms with Crippen LogP contribution in [-0.4, -0.2) is 56.3 Å². The second kappa shape index (κ2) is 10.5. The van der Waals surface area contributed by atoms with E-state index in [9.17, 15) is 13.6 Å². The highest BCUT2D eigenvalue weighted by molar-refractivity contribution is 7.13. The molecule has 0 atom stereocenters. The van der Waals surface area contributed by atoms with Crippen molar-refractivity contribution in [2.45, 2.75) is 64.3 Å². The Labute approximate surface area is 213 Å². The van der Waals surface area contributed by atoms with Crippen molar-refractivity contribution in [3.63, 3.8) is 0 Å². The molecule has 1 aliphatic heterocycles. The van der Waals surface area contributed by atoms with Gasteiger partial charge in [-0.15, -0.1) is 0 Å². The highest BCUT2D eigenvalue weighted by Crippen LogP contribution is 2.35. The quantitative estimate of drug-likeness (QED) is 0.359. The normalized spacial score (nSPS) is 21.0. The Morgan fingerprint density at radius 2 is 1.97 bits per heavy atom. The topological polar surface area (TPSA) is 73.1 Å². The Balaban J connectivity index is 1.06. The number of alkyl halides is 2. The Bertz CT molecular complexity index is 1210. The first-order valence-corrected chi connectivity index (χ1v) is 13.6. The maximum absolute atomic E-state index is 13.1. The summed E-state index contributed by atoms with van der Waals surface area (Å²) in [6.07, 6.45) is 7.11. The van der Waals surface area contributed by atoms with Crippen LogP contribution in [0.4, 0.5) is 8.78 Å². The van der Waals surface area contributed by atoms with Crippen LogP contribution in [0.15, 0.2) is 18.2 Å². The lowest BCUT2D eigenvalue weighted by Crippen LogP contribution is -2.32. The fourth-order valence-corrected chi connectivity index (χ4v) is 6.30. The third kappa shape index (κ3) is 6.08. The average molecular weight is 518 g/mol. The number of rotatable bonds is 9. The lowest BCUT2D eigenvalue weighted by Gasteiger charge is -2.31. The fraction of sp³-hybridized carbons (Fsp3) is 0.615. The molecule has 1 saturated carbocycles. The number of aryl methyl sites for hydroxylation is 1. The van der Waals surface area contributed by atoms with Gasteiger partial charge in [-0.1, -0.05) is 30.2 Å². The predicted molar refractivity (Wildman–Crippen MR) is 135 cm³/mol. The number of carbonyl (C=O) groups is 1. The summed E-state index contributed by atoms with van der Waals surface area (Å²) in [5.74, 6) is -1.57. The summed E-state index contributed by atoms with van der Waals surface area (Å²) in [6.45, 7) is 2.97. The Kier molecular flexibility index (Phi) is 7.35. The molecule has 0 radical (unpaired) electrons. The van der Waals surface area contributed by atoms with Crippen molar-refractivity contribution in [1.82, 2.24) is 24.9 Å². The zero-order chi connectivity index (χ0) is 25.3. The smallest absolute Gasteiger partial charge is 0.278 e. The Hall–Kier alpha value is -2.46. The van der Waals surface area contributed by atoms with Gasteiger partial charge in [0.25, 0.3) is 11.1 Å². The molecule has 3 heterocycles. The number of thiazole rings is 1. The van der Waals surface area contributed by atoms with Crippen molar-refractivity contribution in [3.8, 4) is 5.19 Å². The maximum Gasteiger partial charge on any atom is 0.278 e. The molecular formula is C26H33F2N5O2S. The van der Waals surface area contributed by atoms with Gasteiger partial charge in [0.05, 0.1) is 5.69 Å². The van der Waals surface area contributed by atoms with Crippen LogP contribution in [0, 0.1) is 11.8 Å². The lowest BCUT2D eigenvalue weighted by molar-refractivity contribution is -0.0230. The highest BCUT2D eigenvalue weighted by Gasteiger charge is 2.28. The van der Waals surface area contributed by atoms with E-state index in [-0.39, 0.29) is 5.78 Å². The SMILES string of the molecule is Cn1nc2cccc(C(=O)CC3CCC(CCN4CCc5sc(OCC(C)(F)F)nc5C4)CC3)c2n1. The number of hydrogen-bond donors (Lipinski definition) is 0. The first-order valence-electron chi connectivity index (χ1n) is 12.8. The van der Waals surface area contributed by atoms with E-state index in [2.05, 4.69) is 20.1 Å². The summed E-state index contributed by atoms with van der Waals surface area (Å²) >= 11 is 1.40. The summed E-state index contributed by atoms with van der Waals surface area (Å²) in [4.78, 5) is 22.6. The molecule has 1 aromatic carbocycles. The third-order valence-corrected chi connectivity index (χ3v) is 8.41. The van der Waals surface area contributed by atoms with E-state index in [1.54, 1.807) is 7.05 Å². The first-order chi connectivity index (χ1) is 17.2. The average Bonchev–Trinajstić information content (AvgIpc) is 3.43. The molecule has 7 nitrogen and oxygen atoms in total. The first kappa shape index (κ1) is 25.2. The van der Waals surface area contributed by atoms with Crippen LogP contribution >= 0.6 is 11.3 Å². The Morgan fingerprint density at radius 3 is 2.75 bits per heavy atom. The minimum Gasteiger partial charge on any atom is -0.464 e. The number of fused-ring (bicyclic) bond motifs is 2. The van der Waals surface area contributed by atoms with Gasteiger partial charge in [-0.2, -0.15) is 15.0 Å². The van der Waals surface area contributed by atoms with Crippen LogP contribution in [0.3, 0.4) is 0 Å². The maximum atomic E-state index is 13.1. The largest absolute Gasteiger partial charge is 0.464 e. The van der Waals surface area contributed by atoms with E-state index in [1.807, 2.05) is 18.2 Å². The van der Waals surface area contributed by atoms with Crippen molar-refractivity contribution in [2.75, 3.05) is 19.7 Å². The number of Topliss-reactive ketones (excluding diaryl/α,β-unsaturated/α-hetero) is 1. The second-order valence-corrected chi connectivity index (χ2v) is 11.4. The predicted octanol–water partition coefficient (Wildman–Crippen LogP) is 5.29. The van der Waals surface area contributed by atoms with Gasteiger partial charge in [0.2, 0.25) is 0 Å². The molecule has 5 rings (SSSR count). The number of carbonyl (C=O) groups excluding carboxylic acids is 1. The number of hydrogen-bond acceptors (Lipinski definition) is 7. The zero-order valence-electron chi connectivity index (χ0n) is 20.9. The number of ketones is 1. The van der Waals surface area contributed by atoms with Gasteiger partial charge in [0.15, 0.2) is 12.4 Å². The van der Waals surface area contributed by atoms with Crippen molar-refractivity contribution < 1.29 is 18.3 Å². The molecule has 0 saturated heterocycles. The fourth-order valence-electron chi connectivity index (χ4n) is 5.40. The summed E-state index contributed by atoms with van der Waals surface area (Å²) in [5.41, 5.74) is 3.12. The van der Waals surface area contributed by atoms with Gasteiger partial charge in [-0.05, 0) is 56.2 Å². The van der Waals surface area contributed by atoms with Crippen molar-refractivity contribution >= 4 is 28.2 Å². The van der Waals surface area contributed by atoms with Crippen molar-refractivity contribution in [3.05, 3.63) is 34.3 Å². The minimum absolute atomic E-state index is 0.169. The van der Waals surface area contributed by atoms with Crippen LogP contribution in [0.5, 0.6) is 5.19 Å². The minimum atomic E-state index is -2.85. The number of benzene rings is 1. The number of aromatic nitrogens is 4. The van der Waals surface area contributed by atoms with E-state index in [4.69, 9.17) is 4.74 Å². The van der Waals surface area contributed by atoms with Gasteiger partial charge in [0, 0.05) is 43.9 Å². The molecule has 36 heavy (non-hydrogen) atoms. The molecule has 0 spiro atoms. The molecule has 2 aliphatic rings. The summed E-state index contributed by atoms with van der Waals surface area (Å²) in [5, 5.41) is 9.05. The molecule has 0 amide bonds. The molecule has 2 aromatic heterocycles. The van der Waals surface area contributed by atoms with Crippen LogP contribution < -0.4 is 4.74 Å². The van der Waals surface area contributed by atoms with Gasteiger partial charge >= 0.3 is 0 Å². The van der Waals surface area contributed by atoms with E-state index in [1.165, 1.54) is 16.1 Å². The van der Waals surface area contributed by atoms with E-state index >= 15 is 0 Å². The second-order valence-electron chi connectivity index (χ2n) is 10.4. The van der Waals surface area contributed by atoms with E-state index < -0.39 is 12.5 Å². The number of nitrogens with zero attached hydrogens (tertiary/aromatic N) is 5. The molecule has 0 unspecified atom stereocenters. The van der Waals surface area contributed by atoms with Gasteiger partial charge in [-0.3, -0.25) is 9.69 Å². The monoisotopic (exact) mass is 517 g/mol. The molecule has 0 N–H and O–H groups in total. The van der Waals surface area contributed by atoms with Crippen molar-refractivity contribution in [2.24, 2.45) is 18.9 Å². The lowest BCUT2D eigenvalue weighted by atomic mass is 9.78. The zero-order valence-corrected chi connectivity index (χ0v) is 21.7. The summed E-state index contributed by atoms with van der Waals surface area (Å²) in [7, 11) is 1.78. The van der Waals surface area contributed by atoms with Gasteiger partial charge < -0.3 is 4.74 Å². The number of ether oxygens (including phenoxy) is 1.